The molecule has 164 valence electrons. The van der Waals surface area contributed by atoms with Gasteiger partial charge in [-0.15, -0.1) is 0 Å². The van der Waals surface area contributed by atoms with Gasteiger partial charge >= 0.3 is 0 Å². The number of nitrogens with zero attached hydrogens (tertiary/aromatic N) is 3. The maximum atomic E-state index is 12.4. The molecule has 7 heteroatoms. The van der Waals surface area contributed by atoms with Gasteiger partial charge in [-0.05, 0) is 50.4 Å². The third-order valence-electron chi connectivity index (χ3n) is 7.01. The van der Waals surface area contributed by atoms with E-state index in [9.17, 15) is 8.42 Å². The van der Waals surface area contributed by atoms with Crippen LogP contribution in [0.1, 0.15) is 69.9 Å². The van der Waals surface area contributed by atoms with Crippen LogP contribution in [0.4, 0.5) is 0 Å². The van der Waals surface area contributed by atoms with E-state index in [-0.39, 0.29) is 5.16 Å². The van der Waals surface area contributed by atoms with E-state index < -0.39 is 9.84 Å². The summed E-state index contributed by atoms with van der Waals surface area (Å²) in [6, 6.07) is 0. The first-order chi connectivity index (χ1) is 14.0. The molecule has 3 aliphatic rings. The van der Waals surface area contributed by atoms with Crippen LogP contribution in [-0.2, 0) is 27.7 Å². The van der Waals surface area contributed by atoms with Crippen LogP contribution < -0.4 is 0 Å². The molecule has 0 spiro atoms. The van der Waals surface area contributed by atoms with Crippen LogP contribution in [-0.4, -0.2) is 54.9 Å². The fraction of sp³-hybridized carbons (Fsp3) is 0.864. The summed E-state index contributed by atoms with van der Waals surface area (Å²) in [6.45, 7) is 4.46. The Kier molecular flexibility index (Phi) is 6.97. The molecule has 1 atom stereocenters. The van der Waals surface area contributed by atoms with Gasteiger partial charge in [-0.1, -0.05) is 25.7 Å². The van der Waals surface area contributed by atoms with Gasteiger partial charge in [-0.3, -0.25) is 4.90 Å². The molecule has 3 fully saturated rings. The molecule has 0 amide bonds. The number of hydrogen-bond acceptors (Lipinski definition) is 5. The summed E-state index contributed by atoms with van der Waals surface area (Å²) in [5.74, 6) is 1.34. The quantitative estimate of drug-likeness (QED) is 0.607. The third kappa shape index (κ3) is 5.61. The molecule has 29 heavy (non-hydrogen) atoms. The van der Waals surface area contributed by atoms with Crippen molar-refractivity contribution in [1.82, 2.24) is 14.5 Å². The molecule has 1 aromatic rings. The van der Waals surface area contributed by atoms with Gasteiger partial charge in [-0.25, -0.2) is 13.4 Å². The first kappa shape index (κ1) is 21.3. The predicted molar refractivity (Wildman–Crippen MR) is 114 cm³/mol. The summed E-state index contributed by atoms with van der Waals surface area (Å²) >= 11 is 0. The Balaban J connectivity index is 1.52. The standard InChI is InChI=1S/C22H37N3O3S/c1-29(26,27)22-23-13-20(25(22)15-19-7-3-2-4-8-19)16-24(14-18-9-5-10-18)17-21-11-6-12-28-21/h13,18-19,21H,2-12,14-17H2,1H3/t21-/m0/s1. The van der Waals surface area contributed by atoms with E-state index in [2.05, 4.69) is 9.88 Å². The molecule has 0 unspecified atom stereocenters. The summed E-state index contributed by atoms with van der Waals surface area (Å²) in [6.07, 6.45) is 15.9. The number of ether oxygens (including phenoxy) is 1. The van der Waals surface area contributed by atoms with E-state index in [0.717, 1.165) is 57.2 Å². The molecule has 6 nitrogen and oxygen atoms in total. The average Bonchev–Trinajstić information content (AvgIpc) is 3.29. The molecule has 1 saturated heterocycles. The minimum Gasteiger partial charge on any atom is -0.377 e. The van der Waals surface area contributed by atoms with E-state index >= 15 is 0 Å². The van der Waals surface area contributed by atoms with Crippen LogP contribution in [0, 0.1) is 11.8 Å². The van der Waals surface area contributed by atoms with Crippen molar-refractivity contribution < 1.29 is 13.2 Å². The molecule has 0 N–H and O–H groups in total. The van der Waals surface area contributed by atoms with E-state index in [4.69, 9.17) is 4.74 Å². The third-order valence-corrected chi connectivity index (χ3v) is 8.00. The largest absolute Gasteiger partial charge is 0.377 e. The van der Waals surface area contributed by atoms with Crippen molar-refractivity contribution in [2.45, 2.75) is 88.6 Å². The van der Waals surface area contributed by atoms with E-state index in [0.29, 0.717) is 12.0 Å². The average molecular weight is 424 g/mol. The van der Waals surface area contributed by atoms with Crippen LogP contribution in [0.25, 0.3) is 0 Å². The monoisotopic (exact) mass is 423 g/mol. The summed E-state index contributed by atoms with van der Waals surface area (Å²) in [5.41, 5.74) is 1.05. The van der Waals surface area contributed by atoms with E-state index in [1.807, 2.05) is 10.8 Å². The van der Waals surface area contributed by atoms with Crippen LogP contribution in [0.15, 0.2) is 11.4 Å². The molecule has 0 radical (unpaired) electrons. The van der Waals surface area contributed by atoms with Crippen molar-refractivity contribution in [3.8, 4) is 0 Å². The van der Waals surface area contributed by atoms with Crippen molar-refractivity contribution in [3.63, 3.8) is 0 Å². The molecule has 2 saturated carbocycles. The van der Waals surface area contributed by atoms with Crippen molar-refractivity contribution in [1.29, 1.82) is 0 Å². The Morgan fingerprint density at radius 1 is 1.03 bits per heavy atom. The van der Waals surface area contributed by atoms with Crippen LogP contribution in [0.3, 0.4) is 0 Å². The maximum Gasteiger partial charge on any atom is 0.227 e. The summed E-state index contributed by atoms with van der Waals surface area (Å²) in [7, 11) is -3.33. The van der Waals surface area contributed by atoms with Gasteiger partial charge in [0, 0.05) is 39.0 Å². The van der Waals surface area contributed by atoms with Crippen molar-refractivity contribution in [3.05, 3.63) is 11.9 Å². The predicted octanol–water partition coefficient (Wildman–Crippen LogP) is 3.65. The topological polar surface area (TPSA) is 64.4 Å². The molecule has 1 aliphatic heterocycles. The Bertz CT molecular complexity index is 760. The van der Waals surface area contributed by atoms with Gasteiger partial charge < -0.3 is 9.30 Å². The Hall–Kier alpha value is -0.920. The smallest absolute Gasteiger partial charge is 0.227 e. The van der Waals surface area contributed by atoms with Crippen molar-refractivity contribution >= 4 is 9.84 Å². The van der Waals surface area contributed by atoms with Gasteiger partial charge in [0.2, 0.25) is 15.0 Å². The lowest BCUT2D eigenvalue weighted by molar-refractivity contribution is 0.0568. The van der Waals surface area contributed by atoms with Crippen LogP contribution in [0.5, 0.6) is 0 Å². The first-order valence-electron chi connectivity index (χ1n) is 11.6. The molecular formula is C22H37N3O3S. The number of imidazole rings is 1. The Morgan fingerprint density at radius 2 is 1.79 bits per heavy atom. The molecule has 2 aliphatic carbocycles. The summed E-state index contributed by atoms with van der Waals surface area (Å²) in [4.78, 5) is 6.87. The zero-order valence-electron chi connectivity index (χ0n) is 17.9. The van der Waals surface area contributed by atoms with Gasteiger partial charge in [0.1, 0.15) is 0 Å². The van der Waals surface area contributed by atoms with Gasteiger partial charge in [0.25, 0.3) is 0 Å². The lowest BCUT2D eigenvalue weighted by Gasteiger charge is -2.34. The van der Waals surface area contributed by atoms with Gasteiger partial charge in [0.15, 0.2) is 0 Å². The van der Waals surface area contributed by atoms with Crippen LogP contribution >= 0.6 is 0 Å². The van der Waals surface area contributed by atoms with Crippen LogP contribution in [0.2, 0.25) is 0 Å². The molecule has 2 heterocycles. The number of rotatable bonds is 9. The lowest BCUT2D eigenvalue weighted by atomic mass is 9.85. The highest BCUT2D eigenvalue weighted by atomic mass is 32.2. The zero-order chi connectivity index (χ0) is 20.3. The first-order valence-corrected chi connectivity index (χ1v) is 13.5. The number of aromatic nitrogens is 2. The van der Waals surface area contributed by atoms with E-state index in [1.54, 1.807) is 0 Å². The molecule has 0 aromatic carbocycles. The second-order valence-corrected chi connectivity index (χ2v) is 11.5. The zero-order valence-corrected chi connectivity index (χ0v) is 18.7. The molecular weight excluding hydrogens is 386 g/mol. The lowest BCUT2D eigenvalue weighted by Crippen LogP contribution is -2.38. The highest BCUT2D eigenvalue weighted by Crippen LogP contribution is 2.30. The second kappa shape index (κ2) is 9.48. The summed E-state index contributed by atoms with van der Waals surface area (Å²) in [5, 5.41) is 0.249. The fourth-order valence-electron chi connectivity index (χ4n) is 5.19. The highest BCUT2D eigenvalue weighted by molar-refractivity contribution is 7.90. The second-order valence-electron chi connectivity index (χ2n) is 9.54. The minimum absolute atomic E-state index is 0.249. The van der Waals surface area contributed by atoms with Gasteiger partial charge in [-0.2, -0.15) is 0 Å². The Labute approximate surface area is 175 Å². The van der Waals surface area contributed by atoms with Gasteiger partial charge in [0.05, 0.1) is 18.0 Å². The van der Waals surface area contributed by atoms with Crippen molar-refractivity contribution in [2.24, 2.45) is 11.8 Å². The fourth-order valence-corrected chi connectivity index (χ4v) is 6.02. The molecule has 1 aromatic heterocycles. The van der Waals surface area contributed by atoms with Crippen molar-refractivity contribution in [2.75, 3.05) is 26.0 Å². The highest BCUT2D eigenvalue weighted by Gasteiger charge is 2.28. The molecule has 0 bridgehead atoms. The summed E-state index contributed by atoms with van der Waals surface area (Å²) < 4.78 is 32.7. The maximum absolute atomic E-state index is 12.4. The SMILES string of the molecule is CS(=O)(=O)c1ncc(CN(CC2CCC2)C[C@@H]2CCCO2)n1CC1CCCCC1. The van der Waals surface area contributed by atoms with E-state index in [1.165, 1.54) is 57.6 Å². The number of sulfone groups is 1. The molecule has 4 rings (SSSR count). The minimum atomic E-state index is -3.33. The number of hydrogen-bond donors (Lipinski definition) is 0. The normalized spacial score (nSPS) is 24.3. The Morgan fingerprint density at radius 3 is 2.41 bits per heavy atom.